The standard InChI is InChI=1S/C9H15NO2/c1-12-9(11)10-5-8(6-10)7-3-2-4-7/h7-8H,2-6H2,1H3. The minimum atomic E-state index is -0.162. The minimum Gasteiger partial charge on any atom is -0.453 e. The van der Waals surface area contributed by atoms with E-state index in [2.05, 4.69) is 4.74 Å². The van der Waals surface area contributed by atoms with E-state index in [1.807, 2.05) is 0 Å². The molecule has 0 spiro atoms. The Morgan fingerprint density at radius 2 is 2.00 bits per heavy atom. The molecule has 2 fully saturated rings. The highest BCUT2D eigenvalue weighted by Gasteiger charge is 2.38. The SMILES string of the molecule is COC(=O)N1CC(C2CCC2)C1. The monoisotopic (exact) mass is 169 g/mol. The van der Waals surface area contributed by atoms with Crippen LogP contribution in [0.2, 0.25) is 0 Å². The second-order valence-electron chi connectivity index (χ2n) is 3.83. The van der Waals surface area contributed by atoms with Crippen molar-refractivity contribution in [3.05, 3.63) is 0 Å². The summed E-state index contributed by atoms with van der Waals surface area (Å²) in [5, 5.41) is 0. The largest absolute Gasteiger partial charge is 0.453 e. The van der Waals surface area contributed by atoms with Gasteiger partial charge in [-0.2, -0.15) is 0 Å². The Hall–Kier alpha value is -0.730. The van der Waals surface area contributed by atoms with Crippen molar-refractivity contribution in [3.8, 4) is 0 Å². The molecule has 0 atom stereocenters. The molecule has 1 aliphatic carbocycles. The van der Waals surface area contributed by atoms with Crippen LogP contribution in [0.3, 0.4) is 0 Å². The Morgan fingerprint density at radius 1 is 1.33 bits per heavy atom. The summed E-state index contributed by atoms with van der Waals surface area (Å²) in [6, 6.07) is 0. The second-order valence-corrected chi connectivity index (χ2v) is 3.83. The van der Waals surface area contributed by atoms with E-state index < -0.39 is 0 Å². The molecule has 12 heavy (non-hydrogen) atoms. The molecule has 0 radical (unpaired) electrons. The Labute approximate surface area is 72.7 Å². The molecule has 1 aliphatic heterocycles. The summed E-state index contributed by atoms with van der Waals surface area (Å²) < 4.78 is 4.62. The third kappa shape index (κ3) is 1.17. The van der Waals surface area contributed by atoms with Gasteiger partial charge in [-0.15, -0.1) is 0 Å². The number of methoxy groups -OCH3 is 1. The molecule has 3 nitrogen and oxygen atoms in total. The molecule has 0 aromatic carbocycles. The Balaban J connectivity index is 1.72. The average molecular weight is 169 g/mol. The number of rotatable bonds is 1. The van der Waals surface area contributed by atoms with E-state index in [0.29, 0.717) is 0 Å². The van der Waals surface area contributed by atoms with Gasteiger partial charge in [0.2, 0.25) is 0 Å². The number of carbonyl (C=O) groups excluding carboxylic acids is 1. The van der Waals surface area contributed by atoms with Crippen molar-refractivity contribution in [2.45, 2.75) is 19.3 Å². The van der Waals surface area contributed by atoms with Crippen LogP contribution >= 0.6 is 0 Å². The zero-order valence-electron chi connectivity index (χ0n) is 7.45. The first-order valence-corrected chi connectivity index (χ1v) is 4.64. The highest BCUT2D eigenvalue weighted by Crippen LogP contribution is 2.38. The summed E-state index contributed by atoms with van der Waals surface area (Å²) in [5.74, 6) is 1.68. The lowest BCUT2D eigenvalue weighted by Crippen LogP contribution is -2.53. The summed E-state index contributed by atoms with van der Waals surface area (Å²) in [4.78, 5) is 12.8. The molecule has 3 heteroatoms. The third-order valence-corrected chi connectivity index (χ3v) is 3.16. The van der Waals surface area contributed by atoms with Gasteiger partial charge in [0.1, 0.15) is 0 Å². The number of hydrogen-bond donors (Lipinski definition) is 0. The summed E-state index contributed by atoms with van der Waals surface area (Å²) in [6.45, 7) is 1.86. The van der Waals surface area contributed by atoms with Crippen LogP contribution in [0.1, 0.15) is 19.3 Å². The van der Waals surface area contributed by atoms with Crippen LogP contribution in [-0.2, 0) is 4.74 Å². The van der Waals surface area contributed by atoms with E-state index in [4.69, 9.17) is 0 Å². The number of nitrogens with zero attached hydrogens (tertiary/aromatic N) is 1. The second kappa shape index (κ2) is 2.96. The average Bonchev–Trinajstić information content (AvgIpc) is 1.90. The molecule has 2 aliphatic rings. The Morgan fingerprint density at radius 3 is 2.42 bits per heavy atom. The van der Waals surface area contributed by atoms with E-state index in [1.165, 1.54) is 26.4 Å². The quantitative estimate of drug-likeness (QED) is 0.595. The Bertz CT molecular complexity index is 183. The van der Waals surface area contributed by atoms with Crippen molar-refractivity contribution in [1.29, 1.82) is 0 Å². The zero-order chi connectivity index (χ0) is 8.55. The number of carbonyl (C=O) groups is 1. The van der Waals surface area contributed by atoms with Crippen LogP contribution in [0, 0.1) is 11.8 Å². The molecule has 1 amide bonds. The lowest BCUT2D eigenvalue weighted by atomic mass is 9.73. The van der Waals surface area contributed by atoms with Crippen molar-refractivity contribution in [1.82, 2.24) is 4.90 Å². The van der Waals surface area contributed by atoms with E-state index in [0.717, 1.165) is 24.9 Å². The molecule has 1 heterocycles. The van der Waals surface area contributed by atoms with Crippen LogP contribution in [0.15, 0.2) is 0 Å². The molecule has 0 unspecified atom stereocenters. The van der Waals surface area contributed by atoms with Crippen LogP contribution in [0.25, 0.3) is 0 Å². The maximum atomic E-state index is 11.0. The van der Waals surface area contributed by atoms with Crippen molar-refractivity contribution in [3.63, 3.8) is 0 Å². The molecular formula is C9H15NO2. The summed E-state index contributed by atoms with van der Waals surface area (Å²) in [6.07, 6.45) is 3.98. The van der Waals surface area contributed by atoms with Gasteiger partial charge in [0.05, 0.1) is 7.11 Å². The number of ether oxygens (including phenoxy) is 1. The number of likely N-dealkylation sites (tertiary alicyclic amines) is 1. The van der Waals surface area contributed by atoms with Gasteiger partial charge in [-0.25, -0.2) is 4.79 Å². The topological polar surface area (TPSA) is 29.5 Å². The normalized spacial score (nSPS) is 24.6. The van der Waals surface area contributed by atoms with Gasteiger partial charge in [-0.1, -0.05) is 19.3 Å². The summed E-state index contributed by atoms with van der Waals surface area (Å²) >= 11 is 0. The molecular weight excluding hydrogens is 154 g/mol. The lowest BCUT2D eigenvalue weighted by Gasteiger charge is -2.45. The molecule has 68 valence electrons. The molecule has 0 aromatic heterocycles. The van der Waals surface area contributed by atoms with E-state index in [1.54, 1.807) is 4.90 Å². The van der Waals surface area contributed by atoms with E-state index in [9.17, 15) is 4.79 Å². The highest BCUT2D eigenvalue weighted by molar-refractivity contribution is 5.68. The molecule has 2 rings (SSSR count). The molecule has 0 N–H and O–H groups in total. The smallest absolute Gasteiger partial charge is 0.409 e. The fourth-order valence-electron chi connectivity index (χ4n) is 2.00. The summed E-state index contributed by atoms with van der Waals surface area (Å²) in [7, 11) is 1.44. The fraction of sp³-hybridized carbons (Fsp3) is 0.889. The summed E-state index contributed by atoms with van der Waals surface area (Å²) in [5.41, 5.74) is 0. The fourth-order valence-corrected chi connectivity index (χ4v) is 2.00. The number of amides is 1. The zero-order valence-corrected chi connectivity index (χ0v) is 7.45. The van der Waals surface area contributed by atoms with Crippen LogP contribution in [0.5, 0.6) is 0 Å². The van der Waals surface area contributed by atoms with E-state index in [-0.39, 0.29) is 6.09 Å². The maximum absolute atomic E-state index is 11.0. The first-order chi connectivity index (χ1) is 5.81. The predicted octanol–water partition coefficient (Wildman–Crippen LogP) is 1.48. The van der Waals surface area contributed by atoms with E-state index >= 15 is 0 Å². The van der Waals surface area contributed by atoms with Gasteiger partial charge in [0, 0.05) is 13.1 Å². The van der Waals surface area contributed by atoms with Crippen LogP contribution < -0.4 is 0 Å². The van der Waals surface area contributed by atoms with Crippen molar-refractivity contribution in [2.24, 2.45) is 11.8 Å². The Kier molecular flexibility index (Phi) is 1.95. The highest BCUT2D eigenvalue weighted by atomic mass is 16.5. The van der Waals surface area contributed by atoms with Crippen LogP contribution in [0.4, 0.5) is 4.79 Å². The number of hydrogen-bond acceptors (Lipinski definition) is 2. The van der Waals surface area contributed by atoms with Crippen molar-refractivity contribution >= 4 is 6.09 Å². The third-order valence-electron chi connectivity index (χ3n) is 3.16. The van der Waals surface area contributed by atoms with Crippen LogP contribution in [-0.4, -0.2) is 31.2 Å². The molecule has 0 aromatic rings. The van der Waals surface area contributed by atoms with Gasteiger partial charge < -0.3 is 9.64 Å². The predicted molar refractivity (Wildman–Crippen MR) is 44.8 cm³/mol. The first-order valence-electron chi connectivity index (χ1n) is 4.64. The first kappa shape index (κ1) is 7.90. The van der Waals surface area contributed by atoms with Crippen molar-refractivity contribution < 1.29 is 9.53 Å². The van der Waals surface area contributed by atoms with Gasteiger partial charge in [0.15, 0.2) is 0 Å². The van der Waals surface area contributed by atoms with Gasteiger partial charge in [-0.3, -0.25) is 0 Å². The molecule has 1 saturated carbocycles. The maximum Gasteiger partial charge on any atom is 0.409 e. The molecule has 1 saturated heterocycles. The molecule has 0 bridgehead atoms. The minimum absolute atomic E-state index is 0.162. The van der Waals surface area contributed by atoms with Gasteiger partial charge in [-0.05, 0) is 11.8 Å². The van der Waals surface area contributed by atoms with Crippen molar-refractivity contribution in [2.75, 3.05) is 20.2 Å². The lowest BCUT2D eigenvalue weighted by molar-refractivity contribution is 0.0237. The van der Waals surface area contributed by atoms with Gasteiger partial charge in [0.25, 0.3) is 0 Å². The van der Waals surface area contributed by atoms with Gasteiger partial charge >= 0.3 is 6.09 Å².